The zero-order chi connectivity index (χ0) is 14.1. The van der Waals surface area contributed by atoms with E-state index in [2.05, 4.69) is 67.4 Å². The Labute approximate surface area is 121 Å². The Kier molecular flexibility index (Phi) is 3.39. The predicted molar refractivity (Wildman–Crippen MR) is 86.4 cm³/mol. The Bertz CT molecular complexity index is 631. The lowest BCUT2D eigenvalue weighted by atomic mass is 10.0. The fourth-order valence-electron chi connectivity index (χ4n) is 2.94. The van der Waals surface area contributed by atoms with Gasteiger partial charge in [0.25, 0.3) is 0 Å². The molecule has 1 N–H and O–H groups in total. The smallest absolute Gasteiger partial charge is 0.0880 e. The van der Waals surface area contributed by atoms with Crippen LogP contribution in [0.25, 0.3) is 0 Å². The lowest BCUT2D eigenvalue weighted by Crippen LogP contribution is -2.34. The second kappa shape index (κ2) is 5.20. The van der Waals surface area contributed by atoms with Crippen LogP contribution in [-0.4, -0.2) is 6.67 Å². The minimum absolute atomic E-state index is 0.881. The van der Waals surface area contributed by atoms with Gasteiger partial charge in [0.2, 0.25) is 0 Å². The summed E-state index contributed by atoms with van der Waals surface area (Å²) in [5.74, 6) is 0. The summed E-state index contributed by atoms with van der Waals surface area (Å²) in [5, 5.41) is 3.53. The van der Waals surface area contributed by atoms with Crippen molar-refractivity contribution in [2.75, 3.05) is 16.9 Å². The summed E-state index contributed by atoms with van der Waals surface area (Å²) in [4.78, 5) is 2.43. The fraction of sp³-hybridized carbons (Fsp3) is 0.333. The van der Waals surface area contributed by atoms with Gasteiger partial charge in [-0.05, 0) is 43.5 Å². The first kappa shape index (κ1) is 13.0. The molecule has 20 heavy (non-hydrogen) atoms. The molecule has 1 heterocycles. The Morgan fingerprint density at radius 2 is 1.80 bits per heavy atom. The summed E-state index contributed by atoms with van der Waals surface area (Å²) < 4.78 is 0. The molecule has 0 amide bonds. The van der Waals surface area contributed by atoms with Crippen LogP contribution >= 0.6 is 0 Å². The van der Waals surface area contributed by atoms with Gasteiger partial charge >= 0.3 is 0 Å². The van der Waals surface area contributed by atoms with E-state index in [4.69, 9.17) is 0 Å². The second-order valence-electron chi connectivity index (χ2n) is 5.68. The van der Waals surface area contributed by atoms with Crippen molar-refractivity contribution in [1.82, 2.24) is 0 Å². The molecule has 2 nitrogen and oxygen atoms in total. The van der Waals surface area contributed by atoms with Crippen molar-refractivity contribution in [2.45, 2.75) is 33.7 Å². The number of aryl methyl sites for hydroxylation is 3. The van der Waals surface area contributed by atoms with Crippen molar-refractivity contribution in [3.63, 3.8) is 0 Å². The Balaban J connectivity index is 1.94. The molecule has 2 aromatic rings. The van der Waals surface area contributed by atoms with Gasteiger partial charge in [-0.15, -0.1) is 0 Å². The van der Waals surface area contributed by atoms with Gasteiger partial charge in [0, 0.05) is 17.9 Å². The number of fused-ring (bicyclic) bond motifs is 1. The third-order valence-electron chi connectivity index (χ3n) is 4.04. The van der Waals surface area contributed by atoms with Gasteiger partial charge in [0.05, 0.1) is 6.67 Å². The molecule has 0 unspecified atom stereocenters. The van der Waals surface area contributed by atoms with E-state index in [9.17, 15) is 0 Å². The second-order valence-corrected chi connectivity index (χ2v) is 5.68. The highest BCUT2D eigenvalue weighted by Gasteiger charge is 2.17. The van der Waals surface area contributed by atoms with Gasteiger partial charge < -0.3 is 10.2 Å². The van der Waals surface area contributed by atoms with Gasteiger partial charge in [0.15, 0.2) is 0 Å². The fourth-order valence-corrected chi connectivity index (χ4v) is 2.94. The van der Waals surface area contributed by atoms with E-state index in [-0.39, 0.29) is 0 Å². The number of nitrogens with zero attached hydrogens (tertiary/aromatic N) is 1. The van der Waals surface area contributed by atoms with Crippen LogP contribution in [0.3, 0.4) is 0 Å². The molecule has 104 valence electrons. The minimum atomic E-state index is 0.881. The molecule has 2 aromatic carbocycles. The van der Waals surface area contributed by atoms with Crippen molar-refractivity contribution in [3.8, 4) is 0 Å². The van der Waals surface area contributed by atoms with E-state index in [1.54, 1.807) is 0 Å². The van der Waals surface area contributed by atoms with Gasteiger partial charge in [-0.3, -0.25) is 0 Å². The lowest BCUT2D eigenvalue weighted by molar-refractivity contribution is 0.801. The third-order valence-corrected chi connectivity index (χ3v) is 4.04. The number of hydrogen-bond acceptors (Lipinski definition) is 2. The van der Waals surface area contributed by atoms with E-state index in [0.717, 1.165) is 19.6 Å². The number of nitrogens with one attached hydrogen (secondary N) is 1. The van der Waals surface area contributed by atoms with Crippen molar-refractivity contribution in [2.24, 2.45) is 0 Å². The van der Waals surface area contributed by atoms with E-state index in [0.29, 0.717) is 0 Å². The topological polar surface area (TPSA) is 15.3 Å². The molecule has 0 saturated carbocycles. The molecule has 2 heteroatoms. The van der Waals surface area contributed by atoms with Crippen LogP contribution < -0.4 is 10.2 Å². The molecule has 0 aliphatic carbocycles. The molecule has 0 radical (unpaired) electrons. The number of rotatable bonds is 2. The molecule has 0 atom stereocenters. The number of anilines is 2. The standard InChI is InChI=1S/C18H22N2/c1-4-15-9-14(3)6-8-18(15)20-11-16-10-13(2)5-7-17(16)19-12-20/h5-10,19H,4,11-12H2,1-3H3. The summed E-state index contributed by atoms with van der Waals surface area (Å²) in [7, 11) is 0. The van der Waals surface area contributed by atoms with Crippen LogP contribution in [0.2, 0.25) is 0 Å². The average Bonchev–Trinajstić information content (AvgIpc) is 2.46. The summed E-state index contributed by atoms with van der Waals surface area (Å²) in [6, 6.07) is 13.4. The normalized spacial score (nSPS) is 13.8. The third kappa shape index (κ3) is 2.38. The van der Waals surface area contributed by atoms with Crippen LogP contribution in [0.5, 0.6) is 0 Å². The first-order chi connectivity index (χ1) is 9.67. The summed E-state index contributed by atoms with van der Waals surface area (Å²) >= 11 is 0. The Hall–Kier alpha value is -1.96. The lowest BCUT2D eigenvalue weighted by Gasteiger charge is -2.33. The summed E-state index contributed by atoms with van der Waals surface area (Å²) in [6.45, 7) is 8.42. The van der Waals surface area contributed by atoms with Crippen molar-refractivity contribution in [3.05, 3.63) is 58.7 Å². The molecule has 0 bridgehead atoms. The zero-order valence-electron chi connectivity index (χ0n) is 12.5. The maximum absolute atomic E-state index is 3.53. The predicted octanol–water partition coefficient (Wildman–Crippen LogP) is 4.26. The summed E-state index contributed by atoms with van der Waals surface area (Å²) in [5.41, 5.74) is 8.12. The van der Waals surface area contributed by atoms with Gasteiger partial charge in [-0.25, -0.2) is 0 Å². The highest BCUT2D eigenvalue weighted by atomic mass is 15.2. The van der Waals surface area contributed by atoms with E-state index < -0.39 is 0 Å². The zero-order valence-corrected chi connectivity index (χ0v) is 12.5. The minimum Gasteiger partial charge on any atom is -0.367 e. The first-order valence-electron chi connectivity index (χ1n) is 7.35. The largest absolute Gasteiger partial charge is 0.367 e. The van der Waals surface area contributed by atoms with Crippen LogP contribution in [0.1, 0.15) is 29.2 Å². The van der Waals surface area contributed by atoms with Crippen LogP contribution in [-0.2, 0) is 13.0 Å². The van der Waals surface area contributed by atoms with E-state index >= 15 is 0 Å². The molecule has 0 saturated heterocycles. The van der Waals surface area contributed by atoms with Crippen LogP contribution in [0.4, 0.5) is 11.4 Å². The molecule has 3 rings (SSSR count). The van der Waals surface area contributed by atoms with E-state index in [1.807, 2.05) is 0 Å². The quantitative estimate of drug-likeness (QED) is 0.874. The molecule has 1 aliphatic rings. The first-order valence-corrected chi connectivity index (χ1v) is 7.35. The maximum Gasteiger partial charge on any atom is 0.0880 e. The van der Waals surface area contributed by atoms with Gasteiger partial charge in [-0.1, -0.05) is 42.3 Å². The monoisotopic (exact) mass is 266 g/mol. The van der Waals surface area contributed by atoms with Crippen molar-refractivity contribution < 1.29 is 0 Å². The van der Waals surface area contributed by atoms with Gasteiger partial charge in [-0.2, -0.15) is 0 Å². The Morgan fingerprint density at radius 3 is 2.60 bits per heavy atom. The summed E-state index contributed by atoms with van der Waals surface area (Å²) in [6.07, 6.45) is 1.08. The van der Waals surface area contributed by atoms with E-state index in [1.165, 1.54) is 33.6 Å². The highest BCUT2D eigenvalue weighted by molar-refractivity contribution is 5.62. The highest BCUT2D eigenvalue weighted by Crippen LogP contribution is 2.29. The average molecular weight is 266 g/mol. The molecular weight excluding hydrogens is 244 g/mol. The van der Waals surface area contributed by atoms with Crippen LogP contribution in [0, 0.1) is 13.8 Å². The SMILES string of the molecule is CCc1cc(C)ccc1N1CNc2ccc(C)cc2C1. The van der Waals surface area contributed by atoms with Crippen LogP contribution in [0.15, 0.2) is 36.4 Å². The molecule has 1 aliphatic heterocycles. The number of hydrogen-bond donors (Lipinski definition) is 1. The van der Waals surface area contributed by atoms with Crippen molar-refractivity contribution in [1.29, 1.82) is 0 Å². The molecular formula is C18H22N2. The molecule has 0 aromatic heterocycles. The number of benzene rings is 2. The Morgan fingerprint density at radius 1 is 1.05 bits per heavy atom. The maximum atomic E-state index is 3.53. The molecule has 0 spiro atoms. The van der Waals surface area contributed by atoms with Crippen molar-refractivity contribution >= 4 is 11.4 Å². The molecule has 0 fully saturated rings. The van der Waals surface area contributed by atoms with Gasteiger partial charge in [0.1, 0.15) is 0 Å².